The van der Waals surface area contributed by atoms with Gasteiger partial charge in [0.2, 0.25) is 0 Å². The van der Waals surface area contributed by atoms with Crippen molar-refractivity contribution in [1.29, 1.82) is 0 Å². The Morgan fingerprint density at radius 2 is 2.78 bits per heavy atom. The highest BCUT2D eigenvalue weighted by atomic mass is 32.2. The van der Waals surface area contributed by atoms with Crippen molar-refractivity contribution in [2.24, 2.45) is 4.99 Å². The second-order valence-electron chi connectivity index (χ2n) is 2.06. The van der Waals surface area contributed by atoms with Gasteiger partial charge < -0.3 is 4.90 Å². The van der Waals surface area contributed by atoms with Gasteiger partial charge in [0, 0.05) is 24.7 Å². The molecule has 0 amide bonds. The lowest BCUT2D eigenvalue weighted by atomic mass is 10.4. The largest absolute Gasteiger partial charge is 0.326 e. The van der Waals surface area contributed by atoms with Crippen LogP contribution in [0.3, 0.4) is 0 Å². The summed E-state index contributed by atoms with van der Waals surface area (Å²) >= 11 is 1.60. The minimum absolute atomic E-state index is 0.994. The first kappa shape index (κ1) is 5.35. The molecule has 0 spiro atoms. The number of fused-ring (bicyclic) bond motifs is 1. The van der Waals surface area contributed by atoms with E-state index in [0.29, 0.717) is 0 Å². The predicted octanol–water partition coefficient (Wildman–Crippen LogP) is 1.07. The topological polar surface area (TPSA) is 15.6 Å². The minimum atomic E-state index is 0.994. The van der Waals surface area contributed by atoms with Crippen LogP contribution in [0.25, 0.3) is 0 Å². The first-order valence-corrected chi connectivity index (χ1v) is 3.85. The zero-order valence-corrected chi connectivity index (χ0v) is 5.82. The molecule has 0 bridgehead atoms. The third kappa shape index (κ3) is 0.852. The molecule has 1 radical (unpaired) electrons. The Hall–Kier alpha value is -0.440. The molecule has 2 aliphatic rings. The number of amidine groups is 1. The molecule has 47 valence electrons. The van der Waals surface area contributed by atoms with Crippen molar-refractivity contribution in [3.05, 3.63) is 11.6 Å². The standard InChI is InChI=1S/C6H7N2S/c1-2-7-6-8(3-1)4-5-9-6/h4H,1-3H2. The Bertz CT molecular complexity index is 174. The Morgan fingerprint density at radius 1 is 1.78 bits per heavy atom. The molecule has 0 aromatic heterocycles. The van der Waals surface area contributed by atoms with Gasteiger partial charge in [-0.3, -0.25) is 4.99 Å². The van der Waals surface area contributed by atoms with E-state index < -0.39 is 0 Å². The van der Waals surface area contributed by atoms with Crippen molar-refractivity contribution in [1.82, 2.24) is 4.90 Å². The molecule has 9 heavy (non-hydrogen) atoms. The summed E-state index contributed by atoms with van der Waals surface area (Å²) in [6, 6.07) is 0. The summed E-state index contributed by atoms with van der Waals surface area (Å²) in [5.41, 5.74) is 0. The molecular formula is C6H7N2S. The smallest absolute Gasteiger partial charge is 0.168 e. The van der Waals surface area contributed by atoms with E-state index in [1.54, 1.807) is 11.8 Å². The molecule has 2 heterocycles. The minimum Gasteiger partial charge on any atom is -0.326 e. The molecule has 0 saturated carbocycles. The summed E-state index contributed by atoms with van der Waals surface area (Å²) in [7, 11) is 0. The van der Waals surface area contributed by atoms with Crippen molar-refractivity contribution in [3.63, 3.8) is 0 Å². The van der Waals surface area contributed by atoms with Gasteiger partial charge in [0.15, 0.2) is 5.17 Å². The van der Waals surface area contributed by atoms with Crippen molar-refractivity contribution in [2.45, 2.75) is 6.42 Å². The van der Waals surface area contributed by atoms with Crippen LogP contribution in [0, 0.1) is 5.41 Å². The monoisotopic (exact) mass is 139 g/mol. The van der Waals surface area contributed by atoms with Gasteiger partial charge in [-0.2, -0.15) is 0 Å². The third-order valence-corrected chi connectivity index (χ3v) is 2.18. The van der Waals surface area contributed by atoms with Crippen molar-refractivity contribution in [3.8, 4) is 0 Å². The lowest BCUT2D eigenvalue weighted by Crippen LogP contribution is -2.25. The van der Waals surface area contributed by atoms with Gasteiger partial charge in [-0.15, -0.1) is 0 Å². The van der Waals surface area contributed by atoms with Crippen LogP contribution >= 0.6 is 11.8 Å². The van der Waals surface area contributed by atoms with Crippen molar-refractivity contribution < 1.29 is 0 Å². The molecule has 2 nitrogen and oxygen atoms in total. The van der Waals surface area contributed by atoms with Crippen LogP contribution in [-0.2, 0) is 0 Å². The number of thioether (sulfide) groups is 1. The Labute approximate surface area is 58.6 Å². The molecule has 0 aliphatic carbocycles. The summed E-state index contributed by atoms with van der Waals surface area (Å²) in [5, 5.41) is 4.18. The van der Waals surface area contributed by atoms with Gasteiger partial charge in [-0.25, -0.2) is 0 Å². The Balaban J connectivity index is 2.22. The second-order valence-corrected chi connectivity index (χ2v) is 2.87. The summed E-state index contributed by atoms with van der Waals surface area (Å²) in [6.45, 7) is 2.12. The number of nitrogens with zero attached hydrogens (tertiary/aromatic N) is 2. The van der Waals surface area contributed by atoms with E-state index in [-0.39, 0.29) is 0 Å². The van der Waals surface area contributed by atoms with Crippen LogP contribution < -0.4 is 0 Å². The molecule has 0 aromatic carbocycles. The summed E-state index contributed by atoms with van der Waals surface area (Å²) < 4.78 is 0. The number of rotatable bonds is 0. The molecule has 0 atom stereocenters. The SMILES string of the molecule is [C]1=CN2CCCN=C2S1. The average Bonchev–Trinajstić information content (AvgIpc) is 2.33. The van der Waals surface area contributed by atoms with Crippen molar-refractivity contribution in [2.75, 3.05) is 13.1 Å². The molecule has 2 rings (SSSR count). The highest BCUT2D eigenvalue weighted by Crippen LogP contribution is 2.20. The lowest BCUT2D eigenvalue weighted by molar-refractivity contribution is 0.522. The fourth-order valence-corrected chi connectivity index (χ4v) is 1.66. The maximum absolute atomic E-state index is 4.30. The molecule has 0 aromatic rings. The third-order valence-electron chi connectivity index (χ3n) is 1.41. The lowest BCUT2D eigenvalue weighted by Gasteiger charge is -2.19. The number of aliphatic imine (C=N–C) groups is 1. The van der Waals surface area contributed by atoms with E-state index in [0.717, 1.165) is 18.3 Å². The maximum Gasteiger partial charge on any atom is 0.168 e. The van der Waals surface area contributed by atoms with E-state index in [1.165, 1.54) is 6.42 Å². The van der Waals surface area contributed by atoms with Crippen LogP contribution in [0.5, 0.6) is 0 Å². The molecular weight excluding hydrogens is 132 g/mol. The van der Waals surface area contributed by atoms with Crippen LogP contribution in [0.15, 0.2) is 11.2 Å². The van der Waals surface area contributed by atoms with Crippen LogP contribution in [0.1, 0.15) is 6.42 Å². The fourth-order valence-electron chi connectivity index (χ4n) is 0.956. The van der Waals surface area contributed by atoms with Crippen molar-refractivity contribution >= 4 is 16.9 Å². The Kier molecular flexibility index (Phi) is 1.23. The number of hydrogen-bond donors (Lipinski definition) is 0. The first-order chi connectivity index (χ1) is 4.47. The average molecular weight is 139 g/mol. The van der Waals surface area contributed by atoms with Crippen LogP contribution in [0.4, 0.5) is 0 Å². The van der Waals surface area contributed by atoms with E-state index in [4.69, 9.17) is 0 Å². The molecule has 0 saturated heterocycles. The van der Waals surface area contributed by atoms with Crippen LogP contribution in [0.2, 0.25) is 0 Å². The molecule has 3 heteroatoms. The van der Waals surface area contributed by atoms with Gasteiger partial charge in [0.05, 0.1) is 0 Å². The van der Waals surface area contributed by atoms with Gasteiger partial charge in [-0.05, 0) is 18.2 Å². The number of hydrogen-bond acceptors (Lipinski definition) is 3. The molecule has 0 fully saturated rings. The maximum atomic E-state index is 4.30. The van der Waals surface area contributed by atoms with Gasteiger partial charge in [0.1, 0.15) is 0 Å². The van der Waals surface area contributed by atoms with Crippen LogP contribution in [-0.4, -0.2) is 23.2 Å². The highest BCUT2D eigenvalue weighted by molar-refractivity contribution is 8.15. The highest BCUT2D eigenvalue weighted by Gasteiger charge is 2.16. The molecule has 2 aliphatic heterocycles. The van der Waals surface area contributed by atoms with Gasteiger partial charge in [-0.1, -0.05) is 0 Å². The van der Waals surface area contributed by atoms with E-state index in [9.17, 15) is 0 Å². The summed E-state index contributed by atoms with van der Waals surface area (Å²) in [5.74, 6) is 0. The summed E-state index contributed by atoms with van der Waals surface area (Å²) in [6.07, 6.45) is 3.16. The molecule has 0 N–H and O–H groups in total. The quantitative estimate of drug-likeness (QED) is 0.499. The summed E-state index contributed by atoms with van der Waals surface area (Å²) in [4.78, 5) is 6.45. The zero-order valence-electron chi connectivity index (χ0n) is 5.00. The zero-order chi connectivity index (χ0) is 6.10. The Morgan fingerprint density at radius 3 is 3.67 bits per heavy atom. The van der Waals surface area contributed by atoms with E-state index in [2.05, 4.69) is 15.3 Å². The fraction of sp³-hybridized carbons (Fsp3) is 0.500. The normalized spacial score (nSPS) is 24.0. The van der Waals surface area contributed by atoms with E-state index in [1.807, 2.05) is 6.20 Å². The van der Waals surface area contributed by atoms with Gasteiger partial charge >= 0.3 is 0 Å². The predicted molar refractivity (Wildman–Crippen MR) is 39.0 cm³/mol. The van der Waals surface area contributed by atoms with E-state index >= 15 is 0 Å². The second kappa shape index (κ2) is 2.06. The first-order valence-electron chi connectivity index (χ1n) is 3.03. The molecule has 0 unspecified atom stereocenters. The van der Waals surface area contributed by atoms with Gasteiger partial charge in [0.25, 0.3) is 0 Å².